The van der Waals surface area contributed by atoms with E-state index in [1.54, 1.807) is 0 Å². The second-order valence-electron chi connectivity index (χ2n) is 8.10. The number of hydrogen-bond acceptors (Lipinski definition) is 2. The van der Waals surface area contributed by atoms with Gasteiger partial charge in [-0.25, -0.2) is 0 Å². The summed E-state index contributed by atoms with van der Waals surface area (Å²) in [7, 11) is 0. The Morgan fingerprint density at radius 2 is 1.41 bits per heavy atom. The predicted molar refractivity (Wildman–Crippen MR) is 122 cm³/mol. The molecule has 0 bridgehead atoms. The second-order valence-corrected chi connectivity index (χ2v) is 16.3. The van der Waals surface area contributed by atoms with Crippen LogP contribution in [0.4, 0.5) is 0 Å². The molecular weight excluding hydrogens is 373 g/mol. The average molecular weight is 410 g/mol. The molecule has 0 saturated carbocycles. The van der Waals surface area contributed by atoms with Gasteiger partial charge in [-0.15, -0.1) is 0 Å². The topological polar surface area (TPSA) is 26.0 Å². The van der Waals surface area contributed by atoms with E-state index in [2.05, 4.69) is 32.9 Å². The Balaban J connectivity index is 2.37. The van der Waals surface area contributed by atoms with Gasteiger partial charge in [0.2, 0.25) is 0 Å². The maximum atomic E-state index is 7.74. The molecule has 2 nitrogen and oxygen atoms in total. The zero-order chi connectivity index (χ0) is 19.8. The SMILES string of the molecule is CCCCP(Cl)(CCCC)(CCCC)Cc1nc(-c2ccccc2)oc1C. The summed E-state index contributed by atoms with van der Waals surface area (Å²) < 4.78 is 6.06. The van der Waals surface area contributed by atoms with Crippen molar-refractivity contribution in [1.82, 2.24) is 4.98 Å². The van der Waals surface area contributed by atoms with Crippen LogP contribution in [0.15, 0.2) is 34.7 Å². The van der Waals surface area contributed by atoms with Crippen LogP contribution in [0.5, 0.6) is 0 Å². The molecule has 0 aliphatic heterocycles. The van der Waals surface area contributed by atoms with Gasteiger partial charge in [0.15, 0.2) is 0 Å². The molecule has 1 aromatic heterocycles. The van der Waals surface area contributed by atoms with E-state index in [1.165, 1.54) is 57.0 Å². The van der Waals surface area contributed by atoms with Gasteiger partial charge in [-0.2, -0.15) is 0 Å². The Bertz CT molecular complexity index is 673. The Morgan fingerprint density at radius 3 is 1.89 bits per heavy atom. The second kappa shape index (κ2) is 10.1. The molecule has 0 atom stereocenters. The molecule has 0 fully saturated rings. The van der Waals surface area contributed by atoms with Crippen LogP contribution in [0, 0.1) is 6.92 Å². The van der Waals surface area contributed by atoms with Gasteiger partial charge in [0.05, 0.1) is 0 Å². The van der Waals surface area contributed by atoms with Crippen LogP contribution in [-0.2, 0) is 6.16 Å². The normalized spacial score (nSPS) is 13.4. The van der Waals surface area contributed by atoms with Crippen LogP contribution in [0.1, 0.15) is 70.8 Å². The van der Waals surface area contributed by atoms with Gasteiger partial charge in [-0.3, -0.25) is 0 Å². The van der Waals surface area contributed by atoms with Gasteiger partial charge in [0.1, 0.15) is 0 Å². The van der Waals surface area contributed by atoms with E-state index in [0.717, 1.165) is 29.1 Å². The third kappa shape index (κ3) is 6.06. The monoisotopic (exact) mass is 409 g/mol. The van der Waals surface area contributed by atoms with Crippen molar-refractivity contribution < 1.29 is 4.42 Å². The molecule has 152 valence electrons. The van der Waals surface area contributed by atoms with Gasteiger partial charge in [-0.05, 0) is 0 Å². The van der Waals surface area contributed by atoms with Crippen molar-refractivity contribution >= 4 is 17.2 Å². The fraction of sp³-hybridized carbons (Fsp3) is 0.609. The summed E-state index contributed by atoms with van der Waals surface area (Å²) in [6, 6.07) is 10.2. The Kier molecular flexibility index (Phi) is 8.38. The van der Waals surface area contributed by atoms with Crippen LogP contribution >= 0.6 is 17.2 Å². The number of benzene rings is 1. The molecule has 2 aromatic rings. The Labute approximate surface area is 170 Å². The zero-order valence-electron chi connectivity index (χ0n) is 17.6. The summed E-state index contributed by atoms with van der Waals surface area (Å²) in [4.78, 5) is 4.92. The summed E-state index contributed by atoms with van der Waals surface area (Å²) in [6.07, 6.45) is 11.7. The van der Waals surface area contributed by atoms with E-state index in [1.807, 2.05) is 25.1 Å². The molecule has 4 heteroatoms. The van der Waals surface area contributed by atoms with Crippen molar-refractivity contribution in [3.8, 4) is 11.5 Å². The first-order chi connectivity index (χ1) is 12.9. The van der Waals surface area contributed by atoms with E-state index >= 15 is 0 Å². The van der Waals surface area contributed by atoms with Gasteiger partial charge in [-0.1, -0.05) is 0 Å². The number of aromatic nitrogens is 1. The molecule has 1 heterocycles. The number of nitrogens with zero attached hydrogens (tertiary/aromatic N) is 1. The number of rotatable bonds is 12. The Hall–Kier alpha value is -0.850. The van der Waals surface area contributed by atoms with E-state index in [4.69, 9.17) is 20.6 Å². The molecule has 0 unspecified atom stereocenters. The predicted octanol–water partition coefficient (Wildman–Crippen LogP) is 8.26. The van der Waals surface area contributed by atoms with Gasteiger partial charge in [0, 0.05) is 0 Å². The minimum absolute atomic E-state index is 0.728. The van der Waals surface area contributed by atoms with Gasteiger partial charge < -0.3 is 0 Å². The van der Waals surface area contributed by atoms with Crippen molar-refractivity contribution in [2.24, 2.45) is 0 Å². The van der Waals surface area contributed by atoms with Crippen molar-refractivity contribution in [1.29, 1.82) is 0 Å². The van der Waals surface area contributed by atoms with Crippen LogP contribution in [-0.4, -0.2) is 23.5 Å². The number of hydrogen-bond donors (Lipinski definition) is 0. The van der Waals surface area contributed by atoms with E-state index < -0.39 is 5.96 Å². The third-order valence-corrected chi connectivity index (χ3v) is 12.9. The third-order valence-electron chi connectivity index (χ3n) is 5.67. The van der Waals surface area contributed by atoms with Crippen molar-refractivity contribution in [2.45, 2.75) is 72.4 Å². The summed E-state index contributed by atoms with van der Waals surface area (Å²) in [5, 5.41) is 0. The summed E-state index contributed by atoms with van der Waals surface area (Å²) in [5.74, 6) is -0.697. The van der Waals surface area contributed by atoms with E-state index in [-0.39, 0.29) is 0 Å². The van der Waals surface area contributed by atoms with E-state index in [0.29, 0.717) is 0 Å². The quantitative estimate of drug-likeness (QED) is 0.329. The molecule has 1 aromatic carbocycles. The summed E-state index contributed by atoms with van der Waals surface area (Å²) >= 11 is 7.74. The summed E-state index contributed by atoms with van der Waals surface area (Å²) in [5.41, 5.74) is 2.13. The molecule has 0 saturated heterocycles. The Morgan fingerprint density at radius 1 is 0.889 bits per heavy atom. The first-order valence-electron chi connectivity index (χ1n) is 10.7. The first-order valence-corrected chi connectivity index (χ1v) is 14.6. The van der Waals surface area contributed by atoms with Gasteiger partial charge >= 0.3 is 171 Å². The number of unbranched alkanes of at least 4 members (excludes halogenated alkanes) is 3. The van der Waals surface area contributed by atoms with Crippen molar-refractivity contribution in [2.75, 3.05) is 18.5 Å². The van der Waals surface area contributed by atoms with Crippen LogP contribution in [0.2, 0.25) is 0 Å². The fourth-order valence-electron chi connectivity index (χ4n) is 3.89. The minimum atomic E-state index is -2.36. The maximum absolute atomic E-state index is 7.74. The number of halogens is 1. The summed E-state index contributed by atoms with van der Waals surface area (Å²) in [6.45, 7) is 8.86. The molecular formula is C23H37ClNOP. The first kappa shape index (κ1) is 22.4. The fourth-order valence-corrected chi connectivity index (χ4v) is 10.8. The number of oxazole rings is 1. The van der Waals surface area contributed by atoms with Crippen molar-refractivity contribution in [3.05, 3.63) is 41.8 Å². The molecule has 0 aliphatic carbocycles. The standard InChI is InChI=1S/C23H37ClNOP/c1-5-8-16-27(24,17-9-6-2,18-10-7-3)19-22-20(4)26-23(25-22)21-14-12-11-13-15-21/h11-15H,5-10,16-19H2,1-4H3. The molecule has 2 rings (SSSR count). The molecule has 0 aliphatic rings. The van der Waals surface area contributed by atoms with Crippen molar-refractivity contribution in [3.63, 3.8) is 0 Å². The molecule has 27 heavy (non-hydrogen) atoms. The van der Waals surface area contributed by atoms with E-state index in [9.17, 15) is 0 Å². The molecule has 0 radical (unpaired) electrons. The van der Waals surface area contributed by atoms with Crippen LogP contribution in [0.25, 0.3) is 11.5 Å². The molecule has 0 amide bonds. The average Bonchev–Trinajstić information content (AvgIpc) is 3.04. The molecule has 0 N–H and O–H groups in total. The van der Waals surface area contributed by atoms with Crippen LogP contribution < -0.4 is 0 Å². The van der Waals surface area contributed by atoms with Gasteiger partial charge in [0.25, 0.3) is 0 Å². The number of aryl methyl sites for hydroxylation is 1. The molecule has 0 spiro atoms. The zero-order valence-corrected chi connectivity index (χ0v) is 19.3. The van der Waals surface area contributed by atoms with Crippen LogP contribution in [0.3, 0.4) is 0 Å².